The molecule has 9 heteroatoms. The number of fused-ring (bicyclic) bond motifs is 2. The Morgan fingerprint density at radius 1 is 0.735 bits per heavy atom. The molecule has 0 radical (unpaired) electrons. The van der Waals surface area contributed by atoms with Crippen LogP contribution in [0.25, 0.3) is 21.8 Å². The summed E-state index contributed by atoms with van der Waals surface area (Å²) in [5.74, 6) is -0.353. The van der Waals surface area contributed by atoms with Crippen LogP contribution in [0.1, 0.15) is 43.1 Å². The Hall–Kier alpha value is -5.38. The highest BCUT2D eigenvalue weighted by Crippen LogP contribution is 2.23. The minimum atomic E-state index is -0.887. The zero-order valence-corrected chi connectivity index (χ0v) is 28.5. The summed E-state index contributed by atoms with van der Waals surface area (Å²) in [5, 5.41) is 17.7. The Morgan fingerprint density at radius 2 is 1.41 bits per heavy atom. The molecule has 0 atom stereocenters. The minimum Gasteiger partial charge on any atom is -0.492 e. The molecule has 0 amide bonds. The zero-order chi connectivity index (χ0) is 34.8. The fourth-order valence-electron chi connectivity index (χ4n) is 6.00. The highest BCUT2D eigenvalue weighted by atomic mass is 16.5. The Balaban J connectivity index is 0.000000191. The molecular formula is C40H44N4O5. The summed E-state index contributed by atoms with van der Waals surface area (Å²) in [6.45, 7) is 5.83. The van der Waals surface area contributed by atoms with Crippen LogP contribution in [0, 0.1) is 6.92 Å². The van der Waals surface area contributed by atoms with Gasteiger partial charge in [-0.15, -0.1) is 0 Å². The first-order valence-electron chi connectivity index (χ1n) is 16.4. The van der Waals surface area contributed by atoms with E-state index in [9.17, 15) is 14.7 Å². The molecule has 0 fully saturated rings. The van der Waals surface area contributed by atoms with E-state index in [0.717, 1.165) is 59.3 Å². The first-order valence-corrected chi connectivity index (χ1v) is 16.4. The summed E-state index contributed by atoms with van der Waals surface area (Å²) in [6.07, 6.45) is 2.92. The van der Waals surface area contributed by atoms with Crippen molar-refractivity contribution in [3.05, 3.63) is 137 Å². The number of hydrogen-bond acceptors (Lipinski definition) is 6. The Kier molecular flexibility index (Phi) is 11.9. The lowest BCUT2D eigenvalue weighted by Gasteiger charge is -2.10. The van der Waals surface area contributed by atoms with Gasteiger partial charge in [0.15, 0.2) is 0 Å². The van der Waals surface area contributed by atoms with E-state index in [-0.39, 0.29) is 5.97 Å². The number of carbonyl (C=O) groups excluding carboxylic acids is 1. The van der Waals surface area contributed by atoms with Crippen molar-refractivity contribution in [1.29, 1.82) is 0 Å². The zero-order valence-electron chi connectivity index (χ0n) is 28.5. The lowest BCUT2D eigenvalue weighted by atomic mass is 10.1. The predicted octanol–water partition coefficient (Wildman–Crippen LogP) is 6.84. The number of carboxylic acids is 1. The number of benzene rings is 4. The van der Waals surface area contributed by atoms with Gasteiger partial charge in [0.1, 0.15) is 12.4 Å². The quantitative estimate of drug-likeness (QED) is 0.117. The van der Waals surface area contributed by atoms with Gasteiger partial charge in [0.25, 0.3) is 0 Å². The van der Waals surface area contributed by atoms with Crippen molar-refractivity contribution in [1.82, 2.24) is 19.8 Å². The number of nitrogens with zero attached hydrogens (tertiary/aromatic N) is 2. The van der Waals surface area contributed by atoms with Crippen molar-refractivity contribution in [3.63, 3.8) is 0 Å². The molecular weight excluding hydrogens is 616 g/mol. The van der Waals surface area contributed by atoms with Gasteiger partial charge in [0.05, 0.1) is 24.8 Å². The van der Waals surface area contributed by atoms with Gasteiger partial charge in [-0.25, -0.2) is 9.59 Å². The Bertz CT molecular complexity index is 2040. The Labute approximate surface area is 287 Å². The summed E-state index contributed by atoms with van der Waals surface area (Å²) < 4.78 is 15.0. The van der Waals surface area contributed by atoms with Crippen LogP contribution in [0.2, 0.25) is 0 Å². The lowest BCUT2D eigenvalue weighted by Crippen LogP contribution is -2.09. The molecule has 6 aromatic rings. The summed E-state index contributed by atoms with van der Waals surface area (Å²) >= 11 is 0. The van der Waals surface area contributed by atoms with E-state index >= 15 is 0 Å². The molecule has 2 heterocycles. The monoisotopic (exact) mass is 660 g/mol. The van der Waals surface area contributed by atoms with Crippen LogP contribution in [0.5, 0.6) is 5.75 Å². The van der Waals surface area contributed by atoms with Gasteiger partial charge in [-0.05, 0) is 103 Å². The largest absolute Gasteiger partial charge is 0.492 e. The number of carboxylic acid groups (broad SMARTS) is 1. The first kappa shape index (κ1) is 34.9. The second-order valence-corrected chi connectivity index (χ2v) is 11.9. The number of esters is 1. The second-order valence-electron chi connectivity index (χ2n) is 11.9. The minimum absolute atomic E-state index is 0.327. The molecule has 6 rings (SSSR count). The van der Waals surface area contributed by atoms with Crippen LogP contribution in [0.3, 0.4) is 0 Å². The molecule has 9 nitrogen and oxygen atoms in total. The van der Waals surface area contributed by atoms with Gasteiger partial charge in [-0.2, -0.15) is 0 Å². The van der Waals surface area contributed by atoms with Crippen LogP contribution in [0.4, 0.5) is 0 Å². The number of aromatic nitrogens is 2. The van der Waals surface area contributed by atoms with E-state index in [2.05, 4.69) is 63.1 Å². The highest BCUT2D eigenvalue weighted by Gasteiger charge is 2.11. The van der Waals surface area contributed by atoms with E-state index in [1.807, 2.05) is 62.8 Å². The van der Waals surface area contributed by atoms with Crippen molar-refractivity contribution in [3.8, 4) is 5.75 Å². The smallest absolute Gasteiger partial charge is 0.337 e. The number of aryl methyl sites for hydroxylation is 3. The van der Waals surface area contributed by atoms with Crippen molar-refractivity contribution < 1.29 is 24.2 Å². The first-order chi connectivity index (χ1) is 23.8. The average molecular weight is 661 g/mol. The number of aromatic carboxylic acids is 1. The molecule has 0 bridgehead atoms. The SMILES string of the molecule is CNCc1cccc(CCn2c(C)cc3ccc(C(=O)O)cc32)c1.CNCc1cccc(OCCn2ccc3ccc(C(=O)OC)cc32)c1. The van der Waals surface area contributed by atoms with Gasteiger partial charge < -0.3 is 34.3 Å². The summed E-state index contributed by atoms with van der Waals surface area (Å²) in [7, 11) is 5.26. The summed E-state index contributed by atoms with van der Waals surface area (Å²) in [4.78, 5) is 22.9. The van der Waals surface area contributed by atoms with Gasteiger partial charge in [0, 0.05) is 42.6 Å². The molecule has 0 aliphatic heterocycles. The van der Waals surface area contributed by atoms with Gasteiger partial charge in [0.2, 0.25) is 0 Å². The third-order valence-corrected chi connectivity index (χ3v) is 8.43. The summed E-state index contributed by atoms with van der Waals surface area (Å²) in [6, 6.07) is 31.7. The predicted molar refractivity (Wildman–Crippen MR) is 195 cm³/mol. The van der Waals surface area contributed by atoms with Gasteiger partial charge in [-0.1, -0.05) is 48.5 Å². The molecule has 49 heavy (non-hydrogen) atoms. The lowest BCUT2D eigenvalue weighted by molar-refractivity contribution is 0.0600. The van der Waals surface area contributed by atoms with Crippen molar-refractivity contribution in [2.24, 2.45) is 0 Å². The summed E-state index contributed by atoms with van der Waals surface area (Å²) in [5.41, 5.74) is 7.77. The second kappa shape index (κ2) is 16.6. The maximum Gasteiger partial charge on any atom is 0.337 e. The molecule has 4 aromatic carbocycles. The fourth-order valence-corrected chi connectivity index (χ4v) is 6.00. The van der Waals surface area contributed by atoms with Crippen molar-refractivity contribution in [2.75, 3.05) is 27.8 Å². The standard InChI is InChI=1S/C20H22N2O3.C20H22N2O2/c1-21-14-15-4-3-5-18(12-15)25-11-10-22-9-8-16-6-7-17(13-19(16)22)20(23)24-2;1-14-10-17-6-7-18(20(23)24)12-19(17)22(14)9-8-15-4-3-5-16(11-15)13-21-2/h3-9,12-13,21H,10-11,14H2,1-2H3;3-7,10-12,21H,8-9,13H2,1-2H3,(H,23,24). The van der Waals surface area contributed by atoms with Crippen LogP contribution in [-0.4, -0.2) is 54.0 Å². The number of carbonyl (C=O) groups is 2. The van der Waals surface area contributed by atoms with Crippen LogP contribution in [-0.2, 0) is 37.3 Å². The van der Waals surface area contributed by atoms with E-state index < -0.39 is 5.97 Å². The fraction of sp³-hybridized carbons (Fsp3) is 0.250. The van der Waals surface area contributed by atoms with Crippen LogP contribution >= 0.6 is 0 Å². The topological polar surface area (TPSA) is 107 Å². The maximum absolute atomic E-state index is 11.7. The highest BCUT2D eigenvalue weighted by molar-refractivity contribution is 5.95. The van der Waals surface area contributed by atoms with Gasteiger partial charge >= 0.3 is 11.9 Å². The average Bonchev–Trinajstić information content (AvgIpc) is 3.66. The van der Waals surface area contributed by atoms with Crippen LogP contribution in [0.15, 0.2) is 103 Å². The van der Waals surface area contributed by atoms with E-state index in [4.69, 9.17) is 9.47 Å². The Morgan fingerprint density at radius 3 is 2.14 bits per heavy atom. The van der Waals surface area contributed by atoms with Crippen molar-refractivity contribution in [2.45, 2.75) is 39.5 Å². The molecule has 0 saturated carbocycles. The number of ether oxygens (including phenoxy) is 2. The number of rotatable bonds is 13. The number of nitrogens with one attached hydrogen (secondary N) is 2. The third kappa shape index (κ3) is 8.95. The number of hydrogen-bond donors (Lipinski definition) is 3. The molecule has 2 aromatic heterocycles. The van der Waals surface area contributed by atoms with E-state index in [1.165, 1.54) is 23.8 Å². The molecule has 3 N–H and O–H groups in total. The van der Waals surface area contributed by atoms with Crippen molar-refractivity contribution >= 4 is 33.7 Å². The van der Waals surface area contributed by atoms with Gasteiger partial charge in [-0.3, -0.25) is 0 Å². The molecule has 254 valence electrons. The molecule has 0 aliphatic carbocycles. The molecule has 0 spiro atoms. The van der Waals surface area contributed by atoms with Crippen LogP contribution < -0.4 is 15.4 Å². The normalized spacial score (nSPS) is 10.9. The number of methoxy groups -OCH3 is 1. The third-order valence-electron chi connectivity index (χ3n) is 8.43. The van der Waals surface area contributed by atoms with E-state index in [1.54, 1.807) is 18.2 Å². The van der Waals surface area contributed by atoms with E-state index in [0.29, 0.717) is 24.3 Å². The maximum atomic E-state index is 11.7. The molecule has 0 saturated heterocycles. The molecule has 0 aliphatic rings. The molecule has 0 unspecified atom stereocenters.